The molecule has 0 aliphatic carbocycles. The largest absolute Gasteiger partial charge is 0.367 e. The molecule has 100 valence electrons. The highest BCUT2D eigenvalue weighted by molar-refractivity contribution is 5.68. The fraction of sp³-hybridized carbons (Fsp3) is 0.636. The molecule has 0 fully saturated rings. The summed E-state index contributed by atoms with van der Waals surface area (Å²) >= 11 is 0. The lowest BCUT2D eigenvalue weighted by Gasteiger charge is -2.23. The Kier molecular flexibility index (Phi) is 4.41. The second kappa shape index (κ2) is 5.61. The molecule has 1 rings (SSSR count). The van der Waals surface area contributed by atoms with E-state index in [0.717, 1.165) is 6.42 Å². The monoisotopic (exact) mass is 253 g/mol. The summed E-state index contributed by atoms with van der Waals surface area (Å²) in [6.07, 6.45) is 2.28. The topological polar surface area (TPSA) is 93.0 Å². The maximum atomic E-state index is 11.0. The molecule has 0 unspecified atom stereocenters. The first kappa shape index (κ1) is 14.1. The van der Waals surface area contributed by atoms with Gasteiger partial charge in [-0.25, -0.2) is 9.97 Å². The highest BCUT2D eigenvalue weighted by Crippen LogP contribution is 2.29. The van der Waals surface area contributed by atoms with Crippen LogP contribution in [0.2, 0.25) is 0 Å². The summed E-state index contributed by atoms with van der Waals surface area (Å²) in [6.45, 7) is 6.87. The van der Waals surface area contributed by atoms with Crippen molar-refractivity contribution in [1.29, 1.82) is 0 Å². The first-order valence-corrected chi connectivity index (χ1v) is 5.82. The number of rotatable bonds is 6. The summed E-state index contributed by atoms with van der Waals surface area (Å²) in [5, 5.41) is 16.8. The predicted octanol–water partition coefficient (Wildman–Crippen LogP) is 2.27. The van der Waals surface area contributed by atoms with Gasteiger partial charge in [-0.2, -0.15) is 0 Å². The summed E-state index contributed by atoms with van der Waals surface area (Å²) in [7, 11) is 1.59. The Morgan fingerprint density at radius 1 is 1.39 bits per heavy atom. The molecule has 0 aliphatic heterocycles. The Labute approximate surface area is 106 Å². The number of nitrogens with one attached hydrogen (secondary N) is 2. The summed E-state index contributed by atoms with van der Waals surface area (Å²) in [6, 6.07) is 0. The molecular formula is C11H19N5O2. The van der Waals surface area contributed by atoms with Gasteiger partial charge in [0, 0.05) is 13.6 Å². The predicted molar refractivity (Wildman–Crippen MR) is 70.8 cm³/mol. The molecule has 0 spiro atoms. The van der Waals surface area contributed by atoms with Crippen molar-refractivity contribution in [2.45, 2.75) is 27.2 Å². The summed E-state index contributed by atoms with van der Waals surface area (Å²) in [5.41, 5.74) is -0.0644. The van der Waals surface area contributed by atoms with Gasteiger partial charge in [0.05, 0.1) is 4.92 Å². The molecule has 0 atom stereocenters. The van der Waals surface area contributed by atoms with Gasteiger partial charge in [0.1, 0.15) is 6.33 Å². The lowest BCUT2D eigenvalue weighted by atomic mass is 9.90. The van der Waals surface area contributed by atoms with Gasteiger partial charge in [-0.1, -0.05) is 20.8 Å². The van der Waals surface area contributed by atoms with E-state index in [2.05, 4.69) is 41.4 Å². The van der Waals surface area contributed by atoms with Crippen molar-refractivity contribution in [3.8, 4) is 0 Å². The fourth-order valence-electron chi connectivity index (χ4n) is 1.31. The van der Waals surface area contributed by atoms with E-state index >= 15 is 0 Å². The molecule has 0 bridgehead atoms. The standard InChI is InChI=1S/C11H19N5O2/c1-5-11(2,3)6-13-10-8(16(17)18)9(12-4)14-7-15-10/h7H,5-6H2,1-4H3,(H2,12,13,14,15). The number of hydrogen-bond donors (Lipinski definition) is 2. The molecule has 1 aromatic heterocycles. The Balaban J connectivity index is 2.99. The molecule has 0 saturated heterocycles. The number of anilines is 2. The van der Waals surface area contributed by atoms with E-state index in [0.29, 0.717) is 6.54 Å². The third-order valence-electron chi connectivity index (χ3n) is 2.93. The van der Waals surface area contributed by atoms with Crippen LogP contribution in [0, 0.1) is 15.5 Å². The van der Waals surface area contributed by atoms with Crippen molar-refractivity contribution in [2.75, 3.05) is 24.2 Å². The van der Waals surface area contributed by atoms with Gasteiger partial charge in [-0.3, -0.25) is 10.1 Å². The fourth-order valence-corrected chi connectivity index (χ4v) is 1.31. The van der Waals surface area contributed by atoms with Gasteiger partial charge in [-0.15, -0.1) is 0 Å². The first-order chi connectivity index (χ1) is 8.41. The van der Waals surface area contributed by atoms with Crippen LogP contribution < -0.4 is 10.6 Å². The third-order valence-corrected chi connectivity index (χ3v) is 2.93. The quantitative estimate of drug-likeness (QED) is 0.596. The zero-order valence-electron chi connectivity index (χ0n) is 11.1. The van der Waals surface area contributed by atoms with Crippen molar-refractivity contribution >= 4 is 17.3 Å². The Hall–Kier alpha value is -1.92. The van der Waals surface area contributed by atoms with E-state index in [9.17, 15) is 10.1 Å². The number of nitrogens with zero attached hydrogens (tertiary/aromatic N) is 3. The van der Waals surface area contributed by atoms with Crippen LogP contribution in [0.25, 0.3) is 0 Å². The molecule has 0 saturated carbocycles. The maximum Gasteiger partial charge on any atom is 0.353 e. The van der Waals surface area contributed by atoms with Gasteiger partial charge in [0.25, 0.3) is 0 Å². The average molecular weight is 253 g/mol. The second-order valence-corrected chi connectivity index (χ2v) is 4.80. The van der Waals surface area contributed by atoms with Crippen molar-refractivity contribution in [2.24, 2.45) is 5.41 Å². The van der Waals surface area contributed by atoms with Crippen LogP contribution in [0.3, 0.4) is 0 Å². The maximum absolute atomic E-state index is 11.0. The van der Waals surface area contributed by atoms with Crippen LogP contribution in [-0.2, 0) is 0 Å². The van der Waals surface area contributed by atoms with Crippen LogP contribution in [0.15, 0.2) is 6.33 Å². The van der Waals surface area contributed by atoms with Crippen molar-refractivity contribution in [1.82, 2.24) is 9.97 Å². The van der Waals surface area contributed by atoms with Gasteiger partial charge >= 0.3 is 5.69 Å². The zero-order chi connectivity index (χ0) is 13.8. The zero-order valence-corrected chi connectivity index (χ0v) is 11.1. The molecule has 1 aromatic rings. The minimum Gasteiger partial charge on any atom is -0.367 e. The molecular weight excluding hydrogens is 234 g/mol. The molecule has 1 heterocycles. The second-order valence-electron chi connectivity index (χ2n) is 4.80. The summed E-state index contributed by atoms with van der Waals surface area (Å²) in [4.78, 5) is 18.3. The minimum atomic E-state index is -0.479. The van der Waals surface area contributed by atoms with Gasteiger partial charge in [-0.05, 0) is 11.8 Å². The Bertz CT molecular complexity index is 433. The van der Waals surface area contributed by atoms with Crippen molar-refractivity contribution in [3.63, 3.8) is 0 Å². The normalized spacial score (nSPS) is 11.1. The minimum absolute atomic E-state index is 0.0542. The van der Waals surface area contributed by atoms with Gasteiger partial charge in [0.2, 0.25) is 11.6 Å². The molecule has 7 heteroatoms. The molecule has 0 radical (unpaired) electrons. The number of hydrogen-bond acceptors (Lipinski definition) is 6. The molecule has 18 heavy (non-hydrogen) atoms. The van der Waals surface area contributed by atoms with Crippen LogP contribution in [0.5, 0.6) is 0 Å². The highest BCUT2D eigenvalue weighted by atomic mass is 16.6. The summed E-state index contributed by atoms with van der Waals surface area (Å²) < 4.78 is 0. The Morgan fingerprint density at radius 3 is 2.50 bits per heavy atom. The first-order valence-electron chi connectivity index (χ1n) is 5.82. The Morgan fingerprint density at radius 2 is 2.00 bits per heavy atom. The lowest BCUT2D eigenvalue weighted by molar-refractivity contribution is -0.383. The van der Waals surface area contributed by atoms with Gasteiger partial charge < -0.3 is 10.6 Å². The average Bonchev–Trinajstić information content (AvgIpc) is 2.35. The van der Waals surface area contributed by atoms with E-state index in [-0.39, 0.29) is 22.7 Å². The SMILES string of the molecule is CCC(C)(C)CNc1ncnc(NC)c1[N+](=O)[O-]. The number of aromatic nitrogens is 2. The molecule has 7 nitrogen and oxygen atoms in total. The van der Waals surface area contributed by atoms with Crippen LogP contribution in [0.4, 0.5) is 17.3 Å². The molecule has 2 N–H and O–H groups in total. The van der Waals surface area contributed by atoms with E-state index in [1.165, 1.54) is 6.33 Å². The molecule has 0 aliphatic rings. The lowest BCUT2D eigenvalue weighted by Crippen LogP contribution is -2.23. The van der Waals surface area contributed by atoms with E-state index in [1.807, 2.05) is 0 Å². The van der Waals surface area contributed by atoms with E-state index in [1.54, 1.807) is 7.05 Å². The highest BCUT2D eigenvalue weighted by Gasteiger charge is 2.23. The van der Waals surface area contributed by atoms with Crippen LogP contribution in [-0.4, -0.2) is 28.5 Å². The summed E-state index contributed by atoms with van der Waals surface area (Å²) in [5.74, 6) is 0.465. The van der Waals surface area contributed by atoms with Gasteiger partial charge in [0.15, 0.2) is 0 Å². The van der Waals surface area contributed by atoms with Crippen molar-refractivity contribution in [3.05, 3.63) is 16.4 Å². The number of nitro groups is 1. The molecule has 0 aromatic carbocycles. The van der Waals surface area contributed by atoms with E-state index < -0.39 is 4.92 Å². The van der Waals surface area contributed by atoms with Crippen LogP contribution in [0.1, 0.15) is 27.2 Å². The molecule has 0 amide bonds. The van der Waals surface area contributed by atoms with Crippen molar-refractivity contribution < 1.29 is 4.92 Å². The smallest absolute Gasteiger partial charge is 0.353 e. The third kappa shape index (κ3) is 3.28. The van der Waals surface area contributed by atoms with E-state index in [4.69, 9.17) is 0 Å². The van der Waals surface area contributed by atoms with Crippen LogP contribution >= 0.6 is 0 Å².